The number of rotatable bonds is 2. The van der Waals surface area contributed by atoms with Crippen LogP contribution in [0, 0.1) is 23.7 Å². The van der Waals surface area contributed by atoms with E-state index in [1.54, 1.807) is 0 Å². The summed E-state index contributed by atoms with van der Waals surface area (Å²) in [6.45, 7) is 3.14. The van der Waals surface area contributed by atoms with Gasteiger partial charge in [-0.1, -0.05) is 0 Å². The van der Waals surface area contributed by atoms with E-state index in [9.17, 15) is 9.59 Å². The van der Waals surface area contributed by atoms with Crippen LogP contribution in [-0.4, -0.2) is 68.2 Å². The highest BCUT2D eigenvalue weighted by Gasteiger charge is 2.59. The summed E-state index contributed by atoms with van der Waals surface area (Å²) in [6, 6.07) is 13.3. The van der Waals surface area contributed by atoms with Crippen LogP contribution in [0.25, 0.3) is 21.9 Å². The molecule has 2 saturated heterocycles. The van der Waals surface area contributed by atoms with Gasteiger partial charge in [0.15, 0.2) is 0 Å². The third-order valence-electron chi connectivity index (χ3n) is 7.86. The summed E-state index contributed by atoms with van der Waals surface area (Å²) < 4.78 is 0. The number of aromatic nitrogens is 4. The molecule has 0 bridgehead atoms. The zero-order valence-corrected chi connectivity index (χ0v) is 17.4. The van der Waals surface area contributed by atoms with Gasteiger partial charge in [0.1, 0.15) is 11.0 Å². The van der Waals surface area contributed by atoms with Crippen molar-refractivity contribution in [3.8, 4) is 0 Å². The monoisotopic (exact) mass is 426 g/mol. The average molecular weight is 426 g/mol. The number of aromatic amines is 2. The second-order valence-corrected chi connectivity index (χ2v) is 9.38. The lowest BCUT2D eigenvalue weighted by Crippen LogP contribution is -2.44. The molecular weight excluding hydrogens is 404 g/mol. The van der Waals surface area contributed by atoms with E-state index in [2.05, 4.69) is 20.4 Å². The molecule has 0 spiro atoms. The van der Waals surface area contributed by atoms with Crippen LogP contribution in [0.5, 0.6) is 0 Å². The maximum atomic E-state index is 13.1. The average Bonchev–Trinajstić information content (AvgIpc) is 3.59. The Balaban J connectivity index is 1.05. The topological polar surface area (TPSA) is 98.0 Å². The Morgan fingerprint density at radius 1 is 0.750 bits per heavy atom. The lowest BCUT2D eigenvalue weighted by atomic mass is 9.60. The molecule has 2 N–H and O–H groups in total. The van der Waals surface area contributed by atoms with E-state index in [1.165, 1.54) is 0 Å². The Morgan fingerprint density at radius 2 is 1.34 bits per heavy atom. The number of nitrogens with one attached hydrogen (secondary N) is 2. The maximum absolute atomic E-state index is 13.1. The highest BCUT2D eigenvalue weighted by atomic mass is 16.2. The van der Waals surface area contributed by atoms with Crippen LogP contribution in [0.2, 0.25) is 0 Å². The SMILES string of the molecule is O=C(c1ccc2[nH]ccc2c1)N1CC2C(C1)[C@@H]1CN(C(=O)c3ccc4n[nH]nc4c3)C[C@H]21. The number of hydrogen-bond donors (Lipinski definition) is 2. The van der Waals surface area contributed by atoms with Gasteiger partial charge in [-0.05, 0) is 66.1 Å². The van der Waals surface area contributed by atoms with Crippen molar-refractivity contribution in [2.24, 2.45) is 23.7 Å². The fourth-order valence-electron chi connectivity index (χ4n) is 6.23. The minimum absolute atomic E-state index is 0.0649. The minimum Gasteiger partial charge on any atom is -0.361 e. The van der Waals surface area contributed by atoms with Crippen LogP contribution in [0.1, 0.15) is 20.7 Å². The summed E-state index contributed by atoms with van der Waals surface area (Å²) in [6.07, 6.45) is 1.90. The highest BCUT2D eigenvalue weighted by Crippen LogP contribution is 2.54. The van der Waals surface area contributed by atoms with E-state index in [4.69, 9.17) is 0 Å². The van der Waals surface area contributed by atoms with Crippen molar-refractivity contribution in [3.05, 3.63) is 59.8 Å². The normalized spacial score (nSPS) is 26.4. The van der Waals surface area contributed by atoms with Crippen molar-refractivity contribution < 1.29 is 9.59 Å². The molecule has 4 atom stereocenters. The van der Waals surface area contributed by atoms with Gasteiger partial charge in [0.05, 0.1) is 0 Å². The van der Waals surface area contributed by atoms with Crippen molar-refractivity contribution in [1.82, 2.24) is 30.2 Å². The zero-order chi connectivity index (χ0) is 21.4. The number of carbonyl (C=O) groups is 2. The summed E-state index contributed by atoms with van der Waals surface area (Å²) in [5.41, 5.74) is 3.93. The molecule has 2 aromatic carbocycles. The molecule has 0 radical (unpaired) electrons. The molecule has 1 saturated carbocycles. The van der Waals surface area contributed by atoms with Crippen molar-refractivity contribution in [2.75, 3.05) is 26.2 Å². The van der Waals surface area contributed by atoms with Gasteiger partial charge in [0.2, 0.25) is 0 Å². The van der Waals surface area contributed by atoms with Gasteiger partial charge in [0, 0.05) is 54.4 Å². The number of amides is 2. The van der Waals surface area contributed by atoms with E-state index in [1.807, 2.05) is 58.5 Å². The number of benzene rings is 2. The summed E-state index contributed by atoms with van der Waals surface area (Å²) in [7, 11) is 0. The molecule has 3 aliphatic rings. The predicted octanol–water partition coefficient (Wildman–Crippen LogP) is 2.53. The van der Waals surface area contributed by atoms with Crippen molar-refractivity contribution >= 4 is 33.8 Å². The number of nitrogens with zero attached hydrogens (tertiary/aromatic N) is 4. The van der Waals surface area contributed by atoms with Crippen LogP contribution < -0.4 is 0 Å². The maximum Gasteiger partial charge on any atom is 0.253 e. The first-order chi connectivity index (χ1) is 15.7. The van der Waals surface area contributed by atoms with E-state index in [-0.39, 0.29) is 11.8 Å². The Morgan fingerprint density at radius 3 is 2.03 bits per heavy atom. The van der Waals surface area contributed by atoms with Crippen molar-refractivity contribution in [1.29, 1.82) is 0 Å². The molecule has 2 unspecified atom stereocenters. The van der Waals surface area contributed by atoms with Crippen LogP contribution in [0.4, 0.5) is 0 Å². The Labute approximate surface area is 183 Å². The molecule has 2 aliphatic heterocycles. The van der Waals surface area contributed by atoms with Gasteiger partial charge in [-0.25, -0.2) is 0 Å². The first-order valence-corrected chi connectivity index (χ1v) is 11.1. The number of hydrogen-bond acceptors (Lipinski definition) is 4. The smallest absolute Gasteiger partial charge is 0.253 e. The fraction of sp³-hybridized carbons (Fsp3) is 0.333. The number of carbonyl (C=O) groups excluding carboxylic acids is 2. The zero-order valence-electron chi connectivity index (χ0n) is 17.4. The van der Waals surface area contributed by atoms with E-state index in [0.717, 1.165) is 48.2 Å². The molecule has 32 heavy (non-hydrogen) atoms. The Kier molecular flexibility index (Phi) is 3.60. The molecule has 8 heteroatoms. The van der Waals surface area contributed by atoms with Gasteiger partial charge in [-0.3, -0.25) is 9.59 Å². The summed E-state index contributed by atoms with van der Waals surface area (Å²) >= 11 is 0. The van der Waals surface area contributed by atoms with Crippen LogP contribution in [0.15, 0.2) is 48.7 Å². The van der Waals surface area contributed by atoms with E-state index < -0.39 is 0 Å². The molecule has 8 nitrogen and oxygen atoms in total. The van der Waals surface area contributed by atoms with Crippen LogP contribution in [-0.2, 0) is 0 Å². The third kappa shape index (κ3) is 2.49. The predicted molar refractivity (Wildman–Crippen MR) is 118 cm³/mol. The fourth-order valence-corrected chi connectivity index (χ4v) is 6.23. The second kappa shape index (κ2) is 6.41. The van der Waals surface area contributed by atoms with Crippen molar-refractivity contribution in [2.45, 2.75) is 0 Å². The van der Waals surface area contributed by atoms with Gasteiger partial charge in [-0.2, -0.15) is 15.4 Å². The summed E-state index contributed by atoms with van der Waals surface area (Å²) in [4.78, 5) is 33.4. The molecule has 4 heterocycles. The molecule has 7 rings (SSSR count). The lowest BCUT2D eigenvalue weighted by Gasteiger charge is -2.42. The van der Waals surface area contributed by atoms with Gasteiger partial charge in [-0.15, -0.1) is 0 Å². The summed E-state index contributed by atoms with van der Waals surface area (Å²) in [5.74, 6) is 2.16. The summed E-state index contributed by atoms with van der Waals surface area (Å²) in [5, 5.41) is 11.8. The number of fused-ring (bicyclic) bond motifs is 6. The molecule has 3 fully saturated rings. The quantitative estimate of drug-likeness (QED) is 0.515. The Hall–Kier alpha value is -3.68. The van der Waals surface area contributed by atoms with Gasteiger partial charge in [0.25, 0.3) is 11.8 Å². The molecule has 1 aliphatic carbocycles. The first kappa shape index (κ1) is 17.9. The molecule has 160 valence electrons. The van der Waals surface area contributed by atoms with E-state index >= 15 is 0 Å². The lowest BCUT2D eigenvalue weighted by molar-refractivity contribution is 0.0629. The molecular formula is C24H22N6O2. The van der Waals surface area contributed by atoms with Crippen molar-refractivity contribution in [3.63, 3.8) is 0 Å². The molecule has 4 aromatic rings. The largest absolute Gasteiger partial charge is 0.361 e. The van der Waals surface area contributed by atoms with Crippen LogP contribution >= 0.6 is 0 Å². The molecule has 2 aromatic heterocycles. The number of likely N-dealkylation sites (tertiary alicyclic amines) is 2. The molecule has 2 amide bonds. The highest BCUT2D eigenvalue weighted by molar-refractivity contribution is 5.99. The number of H-pyrrole nitrogens is 2. The third-order valence-corrected chi connectivity index (χ3v) is 7.86. The standard InChI is InChI=1S/C24H22N6O2/c31-23(14-1-3-20-13(7-14)5-6-25-20)29-9-16-17(10-29)19-12-30(11-18(16)19)24(32)15-2-4-21-22(8-15)27-28-26-21/h1-8,16-19,25H,9-12H2,(H,26,27,28)/t16?,17?,18-,19+. The van der Waals surface area contributed by atoms with Gasteiger partial charge < -0.3 is 14.8 Å². The first-order valence-electron chi connectivity index (χ1n) is 11.1. The van der Waals surface area contributed by atoms with Gasteiger partial charge >= 0.3 is 0 Å². The van der Waals surface area contributed by atoms with E-state index in [0.29, 0.717) is 34.8 Å². The van der Waals surface area contributed by atoms with Crippen LogP contribution in [0.3, 0.4) is 0 Å². The minimum atomic E-state index is 0.0649. The second-order valence-electron chi connectivity index (χ2n) is 9.38. The Bertz CT molecular complexity index is 1260.